The Morgan fingerprint density at radius 1 is 1.16 bits per heavy atom. The lowest BCUT2D eigenvalue weighted by molar-refractivity contribution is 0.174. The molecule has 1 aliphatic rings. The van der Waals surface area contributed by atoms with Crippen LogP contribution in [0.1, 0.15) is 0 Å². The van der Waals surface area contributed by atoms with Crippen molar-refractivity contribution in [2.45, 2.75) is 0 Å². The Labute approximate surface area is 152 Å². The number of likely N-dealkylation sites (N-methyl/N-ethyl adjacent to an activating group) is 1. The third kappa shape index (κ3) is 4.45. The lowest BCUT2D eigenvalue weighted by atomic mass is 10.3. The third-order valence-corrected chi connectivity index (χ3v) is 4.12. The maximum absolute atomic E-state index is 5.36. The molecule has 0 radical (unpaired) electrons. The summed E-state index contributed by atoms with van der Waals surface area (Å²) < 4.78 is 15.8. The average Bonchev–Trinajstić information content (AvgIpc) is 3.09. The molecule has 0 spiro atoms. The van der Waals surface area contributed by atoms with E-state index in [2.05, 4.69) is 15.5 Å². The van der Waals surface area contributed by atoms with Gasteiger partial charge in [0.05, 0.1) is 7.11 Å². The number of ether oxygens (including phenoxy) is 3. The van der Waals surface area contributed by atoms with E-state index in [1.54, 1.807) is 7.11 Å². The Morgan fingerprint density at radius 3 is 2.68 bits per heavy atom. The van der Waals surface area contributed by atoms with E-state index in [0.717, 1.165) is 41.7 Å². The molecule has 132 valence electrons. The fourth-order valence-electron chi connectivity index (χ4n) is 2.45. The van der Waals surface area contributed by atoms with E-state index in [9.17, 15) is 0 Å². The molecule has 0 fully saturated rings. The highest BCUT2D eigenvalue weighted by molar-refractivity contribution is 7.80. The minimum absolute atomic E-state index is 0.263. The normalized spacial score (nSPS) is 11.8. The summed E-state index contributed by atoms with van der Waals surface area (Å²) in [7, 11) is 3.70. The monoisotopic (exact) mass is 359 g/mol. The van der Waals surface area contributed by atoms with Crippen molar-refractivity contribution >= 4 is 28.7 Å². The molecule has 2 N–H and O–H groups in total. The van der Waals surface area contributed by atoms with Crippen molar-refractivity contribution in [3.8, 4) is 17.2 Å². The third-order valence-electron chi connectivity index (χ3n) is 3.88. The summed E-state index contributed by atoms with van der Waals surface area (Å²) in [6.45, 7) is 1.80. The van der Waals surface area contributed by atoms with Gasteiger partial charge in [-0.15, -0.1) is 0 Å². The van der Waals surface area contributed by atoms with Gasteiger partial charge >= 0.3 is 0 Å². The number of nitrogens with one attached hydrogen (secondary N) is 2. The van der Waals surface area contributed by atoms with Gasteiger partial charge in [-0.25, -0.2) is 0 Å². The number of rotatable bonds is 6. The molecular formula is C18H21N3O3S. The van der Waals surface area contributed by atoms with Gasteiger partial charge in [0.1, 0.15) is 5.75 Å². The molecule has 0 bridgehead atoms. The van der Waals surface area contributed by atoms with E-state index >= 15 is 0 Å². The Hall–Kier alpha value is -2.67. The second-order valence-electron chi connectivity index (χ2n) is 5.57. The standard InChI is InChI=1S/C18H21N3O3S/c1-21(14-4-6-15(22-2)7-5-14)10-9-19-18(25)20-13-3-8-16-17(11-13)24-12-23-16/h3-8,11H,9-10,12H2,1-2H3,(H2,19,20,25). The second kappa shape index (κ2) is 7.94. The van der Waals surface area contributed by atoms with Gasteiger partial charge in [-0.2, -0.15) is 0 Å². The maximum Gasteiger partial charge on any atom is 0.231 e. The largest absolute Gasteiger partial charge is 0.497 e. The van der Waals surface area contributed by atoms with Crippen LogP contribution in [-0.2, 0) is 0 Å². The maximum atomic E-state index is 5.36. The molecule has 2 aromatic carbocycles. The SMILES string of the molecule is COc1ccc(N(C)CCNC(=S)Nc2ccc3c(c2)OCO3)cc1. The zero-order valence-electron chi connectivity index (χ0n) is 14.2. The van der Waals surface area contributed by atoms with E-state index in [-0.39, 0.29) is 6.79 Å². The van der Waals surface area contributed by atoms with Crippen LogP contribution in [0.5, 0.6) is 17.2 Å². The van der Waals surface area contributed by atoms with E-state index in [1.165, 1.54) is 0 Å². The molecule has 0 saturated carbocycles. The molecule has 2 aromatic rings. The van der Waals surface area contributed by atoms with Crippen molar-refractivity contribution in [3.05, 3.63) is 42.5 Å². The second-order valence-corrected chi connectivity index (χ2v) is 5.98. The number of methoxy groups -OCH3 is 1. The van der Waals surface area contributed by atoms with Crippen LogP contribution >= 0.6 is 12.2 Å². The van der Waals surface area contributed by atoms with Crippen molar-refractivity contribution in [2.75, 3.05) is 44.3 Å². The molecule has 0 amide bonds. The van der Waals surface area contributed by atoms with Gasteiger partial charge in [-0.05, 0) is 48.6 Å². The van der Waals surface area contributed by atoms with Crippen molar-refractivity contribution in [2.24, 2.45) is 0 Å². The topological polar surface area (TPSA) is 55.0 Å². The van der Waals surface area contributed by atoms with Crippen LogP contribution in [0.4, 0.5) is 11.4 Å². The minimum atomic E-state index is 0.263. The van der Waals surface area contributed by atoms with Gasteiger partial charge < -0.3 is 29.7 Å². The zero-order chi connectivity index (χ0) is 17.6. The molecular weight excluding hydrogens is 338 g/mol. The molecule has 0 saturated heterocycles. The Kier molecular flexibility index (Phi) is 5.45. The fourth-order valence-corrected chi connectivity index (χ4v) is 2.67. The van der Waals surface area contributed by atoms with Crippen molar-refractivity contribution in [1.82, 2.24) is 5.32 Å². The number of hydrogen-bond acceptors (Lipinski definition) is 5. The highest BCUT2D eigenvalue weighted by Crippen LogP contribution is 2.34. The van der Waals surface area contributed by atoms with E-state index in [0.29, 0.717) is 5.11 Å². The number of hydrogen-bond donors (Lipinski definition) is 2. The molecule has 0 aliphatic carbocycles. The van der Waals surface area contributed by atoms with Crippen LogP contribution in [0, 0.1) is 0 Å². The quantitative estimate of drug-likeness (QED) is 0.769. The van der Waals surface area contributed by atoms with Crippen molar-refractivity contribution < 1.29 is 14.2 Å². The number of nitrogens with zero attached hydrogens (tertiary/aromatic N) is 1. The summed E-state index contributed by atoms with van der Waals surface area (Å²) in [4.78, 5) is 2.15. The van der Waals surface area contributed by atoms with Crippen LogP contribution in [0.3, 0.4) is 0 Å². The van der Waals surface area contributed by atoms with Crippen LogP contribution < -0.4 is 29.7 Å². The summed E-state index contributed by atoms with van der Waals surface area (Å²) in [6, 6.07) is 13.6. The number of thiocarbonyl (C=S) groups is 1. The van der Waals surface area contributed by atoms with Crippen LogP contribution in [0.15, 0.2) is 42.5 Å². The summed E-state index contributed by atoms with van der Waals surface area (Å²) in [6.07, 6.45) is 0. The number of benzene rings is 2. The summed E-state index contributed by atoms with van der Waals surface area (Å²) in [5.74, 6) is 2.34. The molecule has 1 heterocycles. The van der Waals surface area contributed by atoms with Gasteiger partial charge in [0.25, 0.3) is 0 Å². The molecule has 0 unspecified atom stereocenters. The van der Waals surface area contributed by atoms with Crippen molar-refractivity contribution in [3.63, 3.8) is 0 Å². The van der Waals surface area contributed by atoms with Gasteiger partial charge in [0, 0.05) is 37.6 Å². The smallest absolute Gasteiger partial charge is 0.231 e. The predicted molar refractivity (Wildman–Crippen MR) is 103 cm³/mol. The van der Waals surface area contributed by atoms with Gasteiger partial charge in [0.15, 0.2) is 16.6 Å². The van der Waals surface area contributed by atoms with E-state index < -0.39 is 0 Å². The predicted octanol–water partition coefficient (Wildman–Crippen LogP) is 2.85. The highest BCUT2D eigenvalue weighted by Gasteiger charge is 2.13. The number of anilines is 2. The van der Waals surface area contributed by atoms with Crippen molar-refractivity contribution in [1.29, 1.82) is 0 Å². The minimum Gasteiger partial charge on any atom is -0.497 e. The molecule has 6 nitrogen and oxygen atoms in total. The lowest BCUT2D eigenvalue weighted by Crippen LogP contribution is -2.35. The summed E-state index contributed by atoms with van der Waals surface area (Å²) in [5.41, 5.74) is 1.99. The number of fused-ring (bicyclic) bond motifs is 1. The summed E-state index contributed by atoms with van der Waals surface area (Å²) in [5, 5.41) is 6.93. The fraction of sp³-hybridized carbons (Fsp3) is 0.278. The van der Waals surface area contributed by atoms with Gasteiger partial charge in [-0.1, -0.05) is 0 Å². The van der Waals surface area contributed by atoms with E-state index in [4.69, 9.17) is 26.4 Å². The molecule has 25 heavy (non-hydrogen) atoms. The highest BCUT2D eigenvalue weighted by atomic mass is 32.1. The first-order chi connectivity index (χ1) is 12.2. The average molecular weight is 359 g/mol. The van der Waals surface area contributed by atoms with Gasteiger partial charge in [-0.3, -0.25) is 0 Å². The molecule has 0 aromatic heterocycles. The van der Waals surface area contributed by atoms with Crippen LogP contribution in [-0.4, -0.2) is 39.2 Å². The first kappa shape index (κ1) is 17.2. The molecule has 7 heteroatoms. The molecule has 0 atom stereocenters. The zero-order valence-corrected chi connectivity index (χ0v) is 15.1. The van der Waals surface area contributed by atoms with Crippen LogP contribution in [0.25, 0.3) is 0 Å². The van der Waals surface area contributed by atoms with Gasteiger partial charge in [0.2, 0.25) is 6.79 Å². The Balaban J connectivity index is 1.44. The lowest BCUT2D eigenvalue weighted by Gasteiger charge is -2.20. The first-order valence-corrected chi connectivity index (χ1v) is 8.36. The Bertz CT molecular complexity index is 737. The summed E-state index contributed by atoms with van der Waals surface area (Å²) >= 11 is 5.34. The van der Waals surface area contributed by atoms with E-state index in [1.807, 2.05) is 49.5 Å². The molecule has 3 rings (SSSR count). The molecule has 1 aliphatic heterocycles. The first-order valence-electron chi connectivity index (χ1n) is 7.95. The van der Waals surface area contributed by atoms with Crippen LogP contribution in [0.2, 0.25) is 0 Å². The Morgan fingerprint density at radius 2 is 1.92 bits per heavy atom.